The number of nitrogens with zero attached hydrogens (tertiary/aromatic N) is 1. The fourth-order valence-corrected chi connectivity index (χ4v) is 2.48. The number of benzene rings is 1. The molecule has 0 bridgehead atoms. The molecule has 0 saturated carbocycles. The largest absolute Gasteiger partial charge is 0.591 e. The standard InChI is InChI=1S/C15H22N2O2S/c1-15(2,3)20(18)17-10-12-6-4-5-7-13(12)14-11-16-8-9-19-14/h4-7,10,14,16H,8-9,11H2,1-3H3/b17-10+. The van der Waals surface area contributed by atoms with Crippen molar-refractivity contribution in [1.29, 1.82) is 0 Å². The summed E-state index contributed by atoms with van der Waals surface area (Å²) >= 11 is -1.24. The molecule has 1 aliphatic heterocycles. The van der Waals surface area contributed by atoms with E-state index >= 15 is 0 Å². The molecule has 4 nitrogen and oxygen atoms in total. The van der Waals surface area contributed by atoms with Crippen molar-refractivity contribution in [1.82, 2.24) is 5.32 Å². The van der Waals surface area contributed by atoms with Gasteiger partial charge in [-0.15, -0.1) is 0 Å². The first-order chi connectivity index (χ1) is 9.48. The third-order valence-corrected chi connectivity index (χ3v) is 4.43. The minimum atomic E-state index is -1.24. The zero-order chi connectivity index (χ0) is 14.6. The van der Waals surface area contributed by atoms with E-state index in [0.29, 0.717) is 6.61 Å². The second kappa shape index (κ2) is 6.72. The summed E-state index contributed by atoms with van der Waals surface area (Å²) in [6.45, 7) is 8.15. The molecule has 5 heteroatoms. The summed E-state index contributed by atoms with van der Waals surface area (Å²) in [5.74, 6) is 0. The molecular weight excluding hydrogens is 272 g/mol. The zero-order valence-electron chi connectivity index (χ0n) is 12.3. The van der Waals surface area contributed by atoms with Gasteiger partial charge in [-0.2, -0.15) is 0 Å². The van der Waals surface area contributed by atoms with E-state index in [-0.39, 0.29) is 10.9 Å². The van der Waals surface area contributed by atoms with Gasteiger partial charge in [0.05, 0.1) is 18.9 Å². The van der Waals surface area contributed by atoms with Crippen LogP contribution < -0.4 is 5.32 Å². The number of hydrogen-bond donors (Lipinski definition) is 1. The smallest absolute Gasteiger partial charge is 0.144 e. The summed E-state index contributed by atoms with van der Waals surface area (Å²) in [6.07, 6.45) is 1.74. The Hall–Kier alpha value is -0.880. The van der Waals surface area contributed by atoms with Crippen LogP contribution in [0, 0.1) is 0 Å². The lowest BCUT2D eigenvalue weighted by molar-refractivity contribution is 0.0276. The van der Waals surface area contributed by atoms with Crippen LogP contribution in [0.15, 0.2) is 28.7 Å². The minimum absolute atomic E-state index is 0.0365. The summed E-state index contributed by atoms with van der Waals surface area (Å²) in [7, 11) is 0. The van der Waals surface area contributed by atoms with E-state index in [1.807, 2.05) is 45.0 Å². The summed E-state index contributed by atoms with van der Waals surface area (Å²) in [4.78, 5) is 0. The second-order valence-electron chi connectivity index (χ2n) is 5.79. The van der Waals surface area contributed by atoms with Crippen molar-refractivity contribution in [3.63, 3.8) is 0 Å². The van der Waals surface area contributed by atoms with Gasteiger partial charge in [-0.05, 0) is 26.3 Å². The van der Waals surface area contributed by atoms with Crippen molar-refractivity contribution >= 4 is 17.6 Å². The van der Waals surface area contributed by atoms with Gasteiger partial charge < -0.3 is 14.6 Å². The lowest BCUT2D eigenvalue weighted by Gasteiger charge is -2.25. The molecule has 0 aliphatic carbocycles. The fourth-order valence-electron chi connectivity index (χ4n) is 1.95. The number of ether oxygens (including phenoxy) is 1. The monoisotopic (exact) mass is 294 g/mol. The molecule has 110 valence electrons. The second-order valence-corrected chi connectivity index (χ2v) is 7.72. The van der Waals surface area contributed by atoms with Crippen LogP contribution in [0.4, 0.5) is 0 Å². The Bertz CT molecular complexity index is 465. The number of rotatable bonds is 3. The summed E-state index contributed by atoms with van der Waals surface area (Å²) < 4.78 is 21.6. The van der Waals surface area contributed by atoms with Crippen LogP contribution in [0.1, 0.15) is 38.0 Å². The quantitative estimate of drug-likeness (QED) is 0.687. The highest BCUT2D eigenvalue weighted by molar-refractivity contribution is 7.91. The Kier molecular flexibility index (Phi) is 5.21. The van der Waals surface area contributed by atoms with Gasteiger partial charge in [0.25, 0.3) is 0 Å². The van der Waals surface area contributed by atoms with E-state index in [4.69, 9.17) is 4.74 Å². The molecule has 2 rings (SSSR count). The van der Waals surface area contributed by atoms with E-state index < -0.39 is 11.4 Å². The Morgan fingerprint density at radius 3 is 2.80 bits per heavy atom. The molecule has 1 N–H and O–H groups in total. The molecule has 1 aliphatic rings. The summed E-state index contributed by atoms with van der Waals surface area (Å²) in [6, 6.07) is 7.97. The van der Waals surface area contributed by atoms with Gasteiger partial charge in [-0.25, -0.2) is 0 Å². The molecule has 2 atom stereocenters. The average Bonchev–Trinajstić information content (AvgIpc) is 2.45. The number of nitrogens with one attached hydrogen (secondary N) is 1. The van der Waals surface area contributed by atoms with Gasteiger partial charge in [0.1, 0.15) is 16.1 Å². The van der Waals surface area contributed by atoms with Gasteiger partial charge in [-0.3, -0.25) is 0 Å². The summed E-state index contributed by atoms with van der Waals surface area (Å²) in [5.41, 5.74) is 2.06. The van der Waals surface area contributed by atoms with E-state index in [9.17, 15) is 4.55 Å². The maximum absolute atomic E-state index is 12.0. The predicted molar refractivity (Wildman–Crippen MR) is 83.5 cm³/mol. The van der Waals surface area contributed by atoms with E-state index in [0.717, 1.165) is 24.2 Å². The number of morpholine rings is 1. The minimum Gasteiger partial charge on any atom is -0.591 e. The lowest BCUT2D eigenvalue weighted by Crippen LogP contribution is -2.33. The third-order valence-electron chi connectivity index (χ3n) is 3.08. The third kappa shape index (κ3) is 4.06. The van der Waals surface area contributed by atoms with Gasteiger partial charge in [0, 0.05) is 18.7 Å². The molecule has 20 heavy (non-hydrogen) atoms. The highest BCUT2D eigenvalue weighted by Gasteiger charge is 2.26. The van der Waals surface area contributed by atoms with Crippen LogP contribution in [0.25, 0.3) is 0 Å². The molecule has 1 aromatic carbocycles. The Balaban J connectivity index is 2.17. The first-order valence-corrected chi connectivity index (χ1v) is 7.96. The Morgan fingerprint density at radius 1 is 1.40 bits per heavy atom. The SMILES string of the molecule is CC(C)(C)[S+]([O-])/N=C/c1ccccc1C1CNCCO1. The average molecular weight is 294 g/mol. The predicted octanol–water partition coefficient (Wildman–Crippen LogP) is 2.23. The molecule has 1 saturated heterocycles. The molecule has 0 spiro atoms. The van der Waals surface area contributed by atoms with Crippen LogP contribution in [0.5, 0.6) is 0 Å². The van der Waals surface area contributed by atoms with Crippen LogP contribution in [-0.2, 0) is 16.1 Å². The van der Waals surface area contributed by atoms with Crippen molar-refractivity contribution in [3.05, 3.63) is 35.4 Å². The maximum atomic E-state index is 12.0. The van der Waals surface area contributed by atoms with Crippen LogP contribution in [0.2, 0.25) is 0 Å². The van der Waals surface area contributed by atoms with Gasteiger partial charge in [-0.1, -0.05) is 28.7 Å². The topological polar surface area (TPSA) is 56.7 Å². The molecule has 0 amide bonds. The van der Waals surface area contributed by atoms with Crippen molar-refractivity contribution < 1.29 is 9.29 Å². The lowest BCUT2D eigenvalue weighted by atomic mass is 10.0. The van der Waals surface area contributed by atoms with Crippen LogP contribution in [-0.4, -0.2) is 35.2 Å². The highest BCUT2D eigenvalue weighted by atomic mass is 32.2. The van der Waals surface area contributed by atoms with Gasteiger partial charge in [0.2, 0.25) is 0 Å². The molecule has 0 aromatic heterocycles. The summed E-state index contributed by atoms with van der Waals surface area (Å²) in [5, 5.41) is 3.32. The van der Waals surface area contributed by atoms with Crippen molar-refractivity contribution in [2.45, 2.75) is 31.6 Å². The zero-order valence-corrected chi connectivity index (χ0v) is 13.1. The molecule has 1 aromatic rings. The Morgan fingerprint density at radius 2 is 2.15 bits per heavy atom. The van der Waals surface area contributed by atoms with Gasteiger partial charge in [0.15, 0.2) is 0 Å². The fraction of sp³-hybridized carbons (Fsp3) is 0.533. The van der Waals surface area contributed by atoms with Crippen LogP contribution in [0.3, 0.4) is 0 Å². The normalized spacial score (nSPS) is 22.1. The number of hydrogen-bond acceptors (Lipinski definition) is 4. The molecule has 2 unspecified atom stereocenters. The van der Waals surface area contributed by atoms with E-state index in [1.54, 1.807) is 6.21 Å². The van der Waals surface area contributed by atoms with Crippen LogP contribution >= 0.6 is 0 Å². The van der Waals surface area contributed by atoms with Crippen molar-refractivity contribution in [2.75, 3.05) is 19.7 Å². The molecule has 0 radical (unpaired) electrons. The van der Waals surface area contributed by atoms with E-state index in [1.165, 1.54) is 0 Å². The van der Waals surface area contributed by atoms with Gasteiger partial charge >= 0.3 is 0 Å². The Labute approximate surface area is 123 Å². The van der Waals surface area contributed by atoms with Crippen molar-refractivity contribution in [3.8, 4) is 0 Å². The molecule has 1 fully saturated rings. The molecular formula is C15H22N2O2S. The highest BCUT2D eigenvalue weighted by Crippen LogP contribution is 2.22. The first kappa shape index (κ1) is 15.5. The molecule has 1 heterocycles. The van der Waals surface area contributed by atoms with Crippen molar-refractivity contribution in [2.24, 2.45) is 4.40 Å². The first-order valence-electron chi connectivity index (χ1n) is 6.86. The van der Waals surface area contributed by atoms with E-state index in [2.05, 4.69) is 9.71 Å². The maximum Gasteiger partial charge on any atom is 0.144 e.